The molecule has 188 valence electrons. The minimum atomic E-state index is -0.829. The highest BCUT2D eigenvalue weighted by atomic mass is 16.5. The SMILES string of the molecule is CCCOc1ccc(/C(O)=C2\C(=O)C(=O)N(c3ccc(OCC)cc3)C2c2c[nH]c3ccccc23)cc1. The van der Waals surface area contributed by atoms with Crippen LogP contribution < -0.4 is 14.4 Å². The van der Waals surface area contributed by atoms with Gasteiger partial charge in [0.15, 0.2) is 0 Å². The summed E-state index contributed by atoms with van der Waals surface area (Å²) in [5.74, 6) is -0.348. The quantitative estimate of drug-likeness (QED) is 0.178. The lowest BCUT2D eigenvalue weighted by molar-refractivity contribution is -0.132. The zero-order valence-corrected chi connectivity index (χ0v) is 20.7. The molecule has 1 fully saturated rings. The number of ketones is 1. The molecule has 1 aliphatic heterocycles. The van der Waals surface area contributed by atoms with Crippen molar-refractivity contribution < 1.29 is 24.2 Å². The Bertz CT molecular complexity index is 1470. The molecule has 5 rings (SSSR count). The molecular weight excluding hydrogens is 468 g/mol. The predicted octanol–water partition coefficient (Wildman–Crippen LogP) is 5.98. The predicted molar refractivity (Wildman–Crippen MR) is 143 cm³/mol. The van der Waals surface area contributed by atoms with E-state index in [-0.39, 0.29) is 11.3 Å². The van der Waals surface area contributed by atoms with E-state index in [1.165, 1.54) is 4.90 Å². The highest BCUT2D eigenvalue weighted by molar-refractivity contribution is 6.51. The number of fused-ring (bicyclic) bond motifs is 1. The number of rotatable bonds is 8. The van der Waals surface area contributed by atoms with Crippen LogP contribution in [0, 0.1) is 0 Å². The third kappa shape index (κ3) is 4.44. The number of aromatic nitrogens is 1. The Hall–Kier alpha value is -4.52. The molecule has 2 heterocycles. The number of para-hydroxylation sites is 1. The number of nitrogens with zero attached hydrogens (tertiary/aromatic N) is 1. The zero-order chi connectivity index (χ0) is 25.9. The van der Waals surface area contributed by atoms with Gasteiger partial charge in [-0.15, -0.1) is 0 Å². The van der Waals surface area contributed by atoms with Gasteiger partial charge in [-0.3, -0.25) is 14.5 Å². The minimum absolute atomic E-state index is 0.0332. The molecule has 0 radical (unpaired) electrons. The summed E-state index contributed by atoms with van der Waals surface area (Å²) in [7, 11) is 0. The number of anilines is 1. The van der Waals surface area contributed by atoms with Gasteiger partial charge in [-0.2, -0.15) is 0 Å². The van der Waals surface area contributed by atoms with Crippen molar-refractivity contribution in [1.29, 1.82) is 0 Å². The van der Waals surface area contributed by atoms with E-state index in [1.54, 1.807) is 54.7 Å². The molecule has 0 aliphatic carbocycles. The third-order valence-electron chi connectivity index (χ3n) is 6.39. The number of hydrogen-bond acceptors (Lipinski definition) is 5. The molecule has 1 unspecified atom stereocenters. The molecule has 4 aromatic rings. The second-order valence-electron chi connectivity index (χ2n) is 8.76. The Kier molecular flexibility index (Phi) is 6.68. The van der Waals surface area contributed by atoms with Gasteiger partial charge in [0, 0.05) is 33.9 Å². The first kappa shape index (κ1) is 24.2. The first-order valence-corrected chi connectivity index (χ1v) is 12.4. The van der Waals surface area contributed by atoms with Gasteiger partial charge in [-0.05, 0) is 67.9 Å². The highest BCUT2D eigenvalue weighted by Gasteiger charge is 2.47. The Morgan fingerprint density at radius 3 is 2.30 bits per heavy atom. The number of nitrogens with one attached hydrogen (secondary N) is 1. The Morgan fingerprint density at radius 2 is 1.59 bits per heavy atom. The molecule has 1 atom stereocenters. The molecule has 1 saturated heterocycles. The first-order valence-electron chi connectivity index (χ1n) is 12.4. The molecule has 3 aromatic carbocycles. The molecule has 7 nitrogen and oxygen atoms in total. The monoisotopic (exact) mass is 496 g/mol. The smallest absolute Gasteiger partial charge is 0.300 e. The zero-order valence-electron chi connectivity index (χ0n) is 20.7. The Morgan fingerprint density at radius 1 is 0.919 bits per heavy atom. The van der Waals surface area contributed by atoms with Crippen LogP contribution in [0.15, 0.2) is 84.6 Å². The van der Waals surface area contributed by atoms with Gasteiger partial charge in [-0.1, -0.05) is 25.1 Å². The lowest BCUT2D eigenvalue weighted by Crippen LogP contribution is -2.29. The van der Waals surface area contributed by atoms with E-state index in [1.807, 2.05) is 38.1 Å². The number of aliphatic hydroxyl groups excluding tert-OH is 1. The molecule has 0 bridgehead atoms. The van der Waals surface area contributed by atoms with Gasteiger partial charge >= 0.3 is 0 Å². The molecular formula is C30H28N2O5. The van der Waals surface area contributed by atoms with Crippen LogP contribution >= 0.6 is 0 Å². The lowest BCUT2D eigenvalue weighted by atomic mass is 9.94. The summed E-state index contributed by atoms with van der Waals surface area (Å²) in [5.41, 5.74) is 2.58. The molecule has 7 heteroatoms. The molecule has 1 aromatic heterocycles. The van der Waals surface area contributed by atoms with Crippen LogP contribution in [0.25, 0.3) is 16.7 Å². The molecule has 0 saturated carbocycles. The van der Waals surface area contributed by atoms with E-state index in [0.717, 1.165) is 17.3 Å². The van der Waals surface area contributed by atoms with Crippen LogP contribution in [-0.2, 0) is 9.59 Å². The van der Waals surface area contributed by atoms with E-state index >= 15 is 0 Å². The molecule has 1 aliphatic rings. The lowest BCUT2D eigenvalue weighted by Gasteiger charge is -2.25. The normalized spacial score (nSPS) is 16.9. The number of ether oxygens (including phenoxy) is 2. The number of carbonyl (C=O) groups excluding carboxylic acids is 2. The molecule has 0 spiro atoms. The van der Waals surface area contributed by atoms with E-state index < -0.39 is 17.7 Å². The van der Waals surface area contributed by atoms with E-state index in [0.29, 0.717) is 41.5 Å². The summed E-state index contributed by atoms with van der Waals surface area (Å²) in [6.07, 6.45) is 2.67. The molecule has 1 amide bonds. The first-order chi connectivity index (χ1) is 18.0. The largest absolute Gasteiger partial charge is 0.507 e. The van der Waals surface area contributed by atoms with Crippen molar-refractivity contribution in [3.8, 4) is 11.5 Å². The maximum Gasteiger partial charge on any atom is 0.300 e. The van der Waals surface area contributed by atoms with Gasteiger partial charge in [-0.25, -0.2) is 0 Å². The number of H-pyrrole nitrogens is 1. The fraction of sp³-hybridized carbons (Fsp3) is 0.200. The average Bonchev–Trinajstić information content (AvgIpc) is 3.46. The molecule has 37 heavy (non-hydrogen) atoms. The number of benzene rings is 3. The number of aromatic amines is 1. The van der Waals surface area contributed by atoms with Crippen molar-refractivity contribution in [3.63, 3.8) is 0 Å². The summed E-state index contributed by atoms with van der Waals surface area (Å²) >= 11 is 0. The Labute approximate surface area is 214 Å². The second-order valence-corrected chi connectivity index (χ2v) is 8.76. The van der Waals surface area contributed by atoms with Crippen molar-refractivity contribution >= 4 is 34.0 Å². The van der Waals surface area contributed by atoms with Crippen molar-refractivity contribution in [3.05, 3.63) is 95.7 Å². The second kappa shape index (κ2) is 10.2. The van der Waals surface area contributed by atoms with Gasteiger partial charge in [0.05, 0.1) is 24.8 Å². The van der Waals surface area contributed by atoms with E-state index in [2.05, 4.69) is 4.98 Å². The van der Waals surface area contributed by atoms with Gasteiger partial charge < -0.3 is 19.6 Å². The van der Waals surface area contributed by atoms with Crippen LogP contribution in [0.5, 0.6) is 11.5 Å². The standard InChI is InChI=1S/C30H28N2O5/c1-3-17-37-22-13-9-19(10-14-22)28(33)26-27(24-18-31-25-8-6-5-7-23(24)25)32(30(35)29(26)34)20-11-15-21(16-12-20)36-4-2/h5-16,18,27,31,33H,3-4,17H2,1-2H3/b28-26+. The maximum absolute atomic E-state index is 13.5. The number of Topliss-reactive ketones (excluding diaryl/α,β-unsaturated/α-hetero) is 1. The van der Waals surface area contributed by atoms with Crippen LogP contribution in [0.2, 0.25) is 0 Å². The topological polar surface area (TPSA) is 91.9 Å². The fourth-order valence-corrected chi connectivity index (χ4v) is 4.67. The fourth-order valence-electron chi connectivity index (χ4n) is 4.67. The summed E-state index contributed by atoms with van der Waals surface area (Å²) in [6.45, 7) is 5.01. The summed E-state index contributed by atoms with van der Waals surface area (Å²) in [6, 6.07) is 20.7. The minimum Gasteiger partial charge on any atom is -0.507 e. The van der Waals surface area contributed by atoms with Gasteiger partial charge in [0.1, 0.15) is 17.3 Å². The van der Waals surface area contributed by atoms with Gasteiger partial charge in [0.2, 0.25) is 0 Å². The third-order valence-corrected chi connectivity index (χ3v) is 6.39. The summed E-state index contributed by atoms with van der Waals surface area (Å²) < 4.78 is 11.2. The van der Waals surface area contributed by atoms with Crippen molar-refractivity contribution in [2.45, 2.75) is 26.3 Å². The molecule has 2 N–H and O–H groups in total. The van der Waals surface area contributed by atoms with Crippen molar-refractivity contribution in [2.24, 2.45) is 0 Å². The average molecular weight is 497 g/mol. The van der Waals surface area contributed by atoms with Crippen molar-refractivity contribution in [1.82, 2.24) is 4.98 Å². The van der Waals surface area contributed by atoms with Crippen LogP contribution in [-0.4, -0.2) is 35.0 Å². The number of carbonyl (C=O) groups is 2. The highest BCUT2D eigenvalue weighted by Crippen LogP contribution is 2.44. The summed E-state index contributed by atoms with van der Waals surface area (Å²) in [5, 5.41) is 12.3. The number of hydrogen-bond donors (Lipinski definition) is 2. The maximum atomic E-state index is 13.5. The Balaban J connectivity index is 1.65. The van der Waals surface area contributed by atoms with Crippen molar-refractivity contribution in [2.75, 3.05) is 18.1 Å². The van der Waals surface area contributed by atoms with Crippen LogP contribution in [0.4, 0.5) is 5.69 Å². The van der Waals surface area contributed by atoms with E-state index in [4.69, 9.17) is 9.47 Å². The van der Waals surface area contributed by atoms with E-state index in [9.17, 15) is 14.7 Å². The number of amides is 1. The van der Waals surface area contributed by atoms with Gasteiger partial charge in [0.25, 0.3) is 11.7 Å². The summed E-state index contributed by atoms with van der Waals surface area (Å²) in [4.78, 5) is 31.6. The van der Waals surface area contributed by atoms with Crippen LogP contribution in [0.1, 0.15) is 37.4 Å². The van der Waals surface area contributed by atoms with Crippen LogP contribution in [0.3, 0.4) is 0 Å². The number of aliphatic hydroxyl groups is 1.